The zero-order valence-electron chi connectivity index (χ0n) is 9.46. The Hall–Kier alpha value is -2.16. The fourth-order valence-electron chi connectivity index (χ4n) is 1.50. The molecule has 0 bridgehead atoms. The van der Waals surface area contributed by atoms with Gasteiger partial charge in [0.25, 0.3) is 0 Å². The van der Waals surface area contributed by atoms with E-state index < -0.39 is 6.04 Å². The summed E-state index contributed by atoms with van der Waals surface area (Å²) in [6, 6.07) is 11.8. The molecule has 2 aromatic rings. The molecule has 0 aliphatic heterocycles. The zero-order chi connectivity index (χ0) is 13.0. The van der Waals surface area contributed by atoms with Crippen molar-refractivity contribution in [2.24, 2.45) is 5.73 Å². The first-order valence-corrected chi connectivity index (χ1v) is 6.19. The molecule has 1 amide bonds. The number of benzene rings is 1. The number of para-hydroxylation sites is 1. The van der Waals surface area contributed by atoms with Crippen LogP contribution in [0.3, 0.4) is 0 Å². The molecule has 1 aromatic heterocycles. The predicted molar refractivity (Wildman–Crippen MR) is 71.0 cm³/mol. The van der Waals surface area contributed by atoms with Crippen LogP contribution in [0.2, 0.25) is 0 Å². The molecule has 5 heteroatoms. The van der Waals surface area contributed by atoms with Gasteiger partial charge in [-0.15, -0.1) is 11.3 Å². The van der Waals surface area contributed by atoms with Gasteiger partial charge >= 0.3 is 0 Å². The van der Waals surface area contributed by atoms with E-state index in [2.05, 4.69) is 5.32 Å². The third-order valence-electron chi connectivity index (χ3n) is 2.44. The molecule has 0 saturated carbocycles. The van der Waals surface area contributed by atoms with Gasteiger partial charge < -0.3 is 11.1 Å². The Morgan fingerprint density at radius 1 is 1.33 bits per heavy atom. The summed E-state index contributed by atoms with van der Waals surface area (Å²) < 4.78 is 0. The van der Waals surface area contributed by atoms with E-state index in [1.165, 1.54) is 11.3 Å². The van der Waals surface area contributed by atoms with Gasteiger partial charge in [-0.05, 0) is 23.6 Å². The number of anilines is 1. The lowest BCUT2D eigenvalue weighted by Gasteiger charge is -2.11. The summed E-state index contributed by atoms with van der Waals surface area (Å²) in [7, 11) is 0. The van der Waals surface area contributed by atoms with E-state index >= 15 is 0 Å². The first-order valence-electron chi connectivity index (χ1n) is 5.31. The number of carbonyl (C=O) groups excluding carboxylic acids is 1. The normalized spacial score (nSPS) is 11.6. The molecular formula is C13H11N3OS. The number of carbonyl (C=O) groups is 1. The number of nitrogens with zero attached hydrogens (tertiary/aromatic N) is 1. The maximum Gasteiger partial charge on any atom is 0.246 e. The largest absolute Gasteiger partial charge is 0.323 e. The molecule has 3 N–H and O–H groups in total. The lowest BCUT2D eigenvalue weighted by atomic mass is 10.1. The number of amides is 1. The molecule has 18 heavy (non-hydrogen) atoms. The number of nitrogens with two attached hydrogens (primary N) is 1. The zero-order valence-corrected chi connectivity index (χ0v) is 10.3. The van der Waals surface area contributed by atoms with Crippen LogP contribution >= 0.6 is 11.3 Å². The molecule has 0 saturated heterocycles. The minimum absolute atomic E-state index is 0.319. The first kappa shape index (κ1) is 12.3. The van der Waals surface area contributed by atoms with Crippen molar-refractivity contribution in [3.63, 3.8) is 0 Å². The quantitative estimate of drug-likeness (QED) is 0.885. The van der Waals surface area contributed by atoms with Gasteiger partial charge in [-0.25, -0.2) is 0 Å². The summed E-state index contributed by atoms with van der Waals surface area (Å²) in [6.07, 6.45) is 0. The standard InChI is InChI=1S/C13H11N3OS/c14-8-9-4-1-2-5-10(9)16-13(17)12(15)11-6-3-7-18-11/h1-7,12H,15H2,(H,16,17). The fourth-order valence-corrected chi connectivity index (χ4v) is 2.22. The van der Waals surface area contributed by atoms with Crippen LogP contribution in [0.5, 0.6) is 0 Å². The molecule has 90 valence electrons. The second-order valence-corrected chi connectivity index (χ2v) is 4.62. The van der Waals surface area contributed by atoms with E-state index in [4.69, 9.17) is 11.0 Å². The number of hydrogen-bond acceptors (Lipinski definition) is 4. The van der Waals surface area contributed by atoms with Crippen LogP contribution in [0.25, 0.3) is 0 Å². The van der Waals surface area contributed by atoms with E-state index in [1.54, 1.807) is 24.3 Å². The Kier molecular flexibility index (Phi) is 3.72. The van der Waals surface area contributed by atoms with Crippen LogP contribution < -0.4 is 11.1 Å². The van der Waals surface area contributed by atoms with E-state index in [0.717, 1.165) is 4.88 Å². The van der Waals surface area contributed by atoms with Crippen molar-refractivity contribution >= 4 is 22.9 Å². The Morgan fingerprint density at radius 2 is 2.11 bits per heavy atom. The maximum absolute atomic E-state index is 11.9. The molecule has 0 fully saturated rings. The molecule has 0 radical (unpaired) electrons. The third-order valence-corrected chi connectivity index (χ3v) is 3.39. The molecule has 0 spiro atoms. The highest BCUT2D eigenvalue weighted by atomic mass is 32.1. The van der Waals surface area contributed by atoms with Crippen LogP contribution in [0.4, 0.5) is 5.69 Å². The van der Waals surface area contributed by atoms with Gasteiger partial charge in [0, 0.05) is 4.88 Å². The Bertz CT molecular complexity index is 587. The van der Waals surface area contributed by atoms with Crippen molar-refractivity contribution in [1.29, 1.82) is 5.26 Å². The molecule has 1 heterocycles. The summed E-state index contributed by atoms with van der Waals surface area (Å²) in [6.45, 7) is 0. The van der Waals surface area contributed by atoms with Crippen LogP contribution in [-0.2, 0) is 4.79 Å². The molecule has 0 aliphatic carbocycles. The summed E-state index contributed by atoms with van der Waals surface area (Å²) in [5.74, 6) is -0.319. The minimum atomic E-state index is -0.711. The molecule has 1 aromatic carbocycles. The Balaban J connectivity index is 2.15. The average Bonchev–Trinajstić information content (AvgIpc) is 2.92. The Morgan fingerprint density at radius 3 is 2.78 bits per heavy atom. The second-order valence-electron chi connectivity index (χ2n) is 3.64. The number of rotatable bonds is 3. The van der Waals surface area contributed by atoms with Crippen molar-refractivity contribution in [2.75, 3.05) is 5.32 Å². The van der Waals surface area contributed by atoms with Gasteiger partial charge in [-0.1, -0.05) is 18.2 Å². The van der Waals surface area contributed by atoms with E-state index in [9.17, 15) is 4.79 Å². The monoisotopic (exact) mass is 257 g/mol. The van der Waals surface area contributed by atoms with E-state index in [0.29, 0.717) is 11.3 Å². The molecule has 4 nitrogen and oxygen atoms in total. The van der Waals surface area contributed by atoms with Gasteiger partial charge in [0.1, 0.15) is 12.1 Å². The van der Waals surface area contributed by atoms with Crippen molar-refractivity contribution in [1.82, 2.24) is 0 Å². The predicted octanol–water partition coefficient (Wildman–Crippen LogP) is 2.26. The maximum atomic E-state index is 11.9. The molecule has 2 rings (SSSR count). The lowest BCUT2D eigenvalue weighted by molar-refractivity contribution is -0.117. The van der Waals surface area contributed by atoms with Crippen molar-refractivity contribution in [3.8, 4) is 6.07 Å². The lowest BCUT2D eigenvalue weighted by Crippen LogP contribution is -2.27. The van der Waals surface area contributed by atoms with Crippen LogP contribution in [-0.4, -0.2) is 5.91 Å². The molecule has 1 unspecified atom stereocenters. The summed E-state index contributed by atoms with van der Waals surface area (Å²) in [4.78, 5) is 12.7. The summed E-state index contributed by atoms with van der Waals surface area (Å²) >= 11 is 1.43. The van der Waals surface area contributed by atoms with Crippen LogP contribution in [0.1, 0.15) is 16.5 Å². The van der Waals surface area contributed by atoms with Gasteiger partial charge in [0.15, 0.2) is 0 Å². The number of hydrogen-bond donors (Lipinski definition) is 2. The van der Waals surface area contributed by atoms with Gasteiger partial charge in [0.05, 0.1) is 11.3 Å². The number of nitriles is 1. The van der Waals surface area contributed by atoms with E-state index in [1.807, 2.05) is 23.6 Å². The number of nitrogens with one attached hydrogen (secondary N) is 1. The van der Waals surface area contributed by atoms with Gasteiger partial charge in [0.2, 0.25) is 5.91 Å². The average molecular weight is 257 g/mol. The molecule has 1 atom stereocenters. The summed E-state index contributed by atoms with van der Waals surface area (Å²) in [5, 5.41) is 13.5. The van der Waals surface area contributed by atoms with Crippen molar-refractivity contribution in [3.05, 3.63) is 52.2 Å². The SMILES string of the molecule is N#Cc1ccccc1NC(=O)C(N)c1cccs1. The van der Waals surface area contributed by atoms with Crippen molar-refractivity contribution < 1.29 is 4.79 Å². The van der Waals surface area contributed by atoms with E-state index in [-0.39, 0.29) is 5.91 Å². The fraction of sp³-hybridized carbons (Fsp3) is 0.0769. The summed E-state index contributed by atoms with van der Waals surface area (Å²) in [5.41, 5.74) is 6.74. The smallest absolute Gasteiger partial charge is 0.246 e. The minimum Gasteiger partial charge on any atom is -0.323 e. The first-order chi connectivity index (χ1) is 8.72. The second kappa shape index (κ2) is 5.45. The van der Waals surface area contributed by atoms with Crippen molar-refractivity contribution in [2.45, 2.75) is 6.04 Å². The highest BCUT2D eigenvalue weighted by Gasteiger charge is 2.17. The highest BCUT2D eigenvalue weighted by molar-refractivity contribution is 7.10. The Labute approximate surface area is 109 Å². The van der Waals surface area contributed by atoms with Crippen LogP contribution in [0.15, 0.2) is 41.8 Å². The highest BCUT2D eigenvalue weighted by Crippen LogP contribution is 2.20. The topological polar surface area (TPSA) is 78.9 Å². The van der Waals surface area contributed by atoms with Gasteiger partial charge in [-0.3, -0.25) is 4.79 Å². The molecule has 0 aliphatic rings. The van der Waals surface area contributed by atoms with Gasteiger partial charge in [-0.2, -0.15) is 5.26 Å². The third kappa shape index (κ3) is 2.56. The number of thiophene rings is 1. The molecular weight excluding hydrogens is 246 g/mol. The van der Waals surface area contributed by atoms with Crippen LogP contribution in [0, 0.1) is 11.3 Å².